The predicted octanol–water partition coefficient (Wildman–Crippen LogP) is 7.66. The van der Waals surface area contributed by atoms with Gasteiger partial charge in [-0.25, -0.2) is 9.59 Å². The summed E-state index contributed by atoms with van der Waals surface area (Å²) in [6, 6.07) is 6.31. The van der Waals surface area contributed by atoms with Gasteiger partial charge in [-0.3, -0.25) is 0 Å². The van der Waals surface area contributed by atoms with Crippen LogP contribution in [0.5, 0.6) is 0 Å². The third-order valence-electron chi connectivity index (χ3n) is 5.59. The summed E-state index contributed by atoms with van der Waals surface area (Å²) in [6.45, 7) is 6.72. The van der Waals surface area contributed by atoms with Crippen molar-refractivity contribution in [3.05, 3.63) is 35.4 Å². The van der Waals surface area contributed by atoms with Crippen molar-refractivity contribution in [1.82, 2.24) is 0 Å². The fourth-order valence-electron chi connectivity index (χ4n) is 3.76. The molecular weight excluding hydrogens is 376 g/mol. The summed E-state index contributed by atoms with van der Waals surface area (Å²) in [5.74, 6) is -0.857. The number of benzene rings is 1. The molecule has 1 atom stereocenters. The largest absolute Gasteiger partial charge is 0.478 e. The predicted molar refractivity (Wildman–Crippen MR) is 123 cm³/mol. The number of esters is 1. The molecule has 1 N–H and O–H groups in total. The highest BCUT2D eigenvalue weighted by Crippen LogP contribution is 2.20. The molecule has 0 aliphatic heterocycles. The molecule has 30 heavy (non-hydrogen) atoms. The number of aromatic carboxylic acids is 1. The maximum absolute atomic E-state index is 12.7. The number of carboxylic acids is 1. The number of hydrogen-bond donors (Lipinski definition) is 1. The second-order valence-electron chi connectivity index (χ2n) is 8.82. The second kappa shape index (κ2) is 15.9. The number of carbonyl (C=O) groups is 2. The van der Waals surface area contributed by atoms with Crippen molar-refractivity contribution in [3.8, 4) is 0 Å². The Labute approximate surface area is 183 Å². The molecule has 170 valence electrons. The summed E-state index contributed by atoms with van der Waals surface area (Å²) < 4.78 is 5.80. The van der Waals surface area contributed by atoms with E-state index in [0.29, 0.717) is 0 Å². The van der Waals surface area contributed by atoms with Crippen molar-refractivity contribution in [2.75, 3.05) is 0 Å². The maximum atomic E-state index is 12.7. The van der Waals surface area contributed by atoms with Crippen LogP contribution in [-0.2, 0) is 4.74 Å². The van der Waals surface area contributed by atoms with Gasteiger partial charge in [-0.2, -0.15) is 0 Å². The molecule has 1 aromatic carbocycles. The highest BCUT2D eigenvalue weighted by Gasteiger charge is 2.20. The second-order valence-corrected chi connectivity index (χ2v) is 8.82. The van der Waals surface area contributed by atoms with Crippen molar-refractivity contribution in [1.29, 1.82) is 0 Å². The Morgan fingerprint density at radius 2 is 1.30 bits per heavy atom. The van der Waals surface area contributed by atoms with Gasteiger partial charge in [0.2, 0.25) is 0 Å². The van der Waals surface area contributed by atoms with Crippen LogP contribution in [0.3, 0.4) is 0 Å². The number of carboxylic acid groups (broad SMARTS) is 1. The fraction of sp³-hybridized carbons (Fsp3) is 0.692. The lowest BCUT2D eigenvalue weighted by Gasteiger charge is -2.19. The highest BCUT2D eigenvalue weighted by molar-refractivity contribution is 6.02. The van der Waals surface area contributed by atoms with E-state index in [-0.39, 0.29) is 17.2 Å². The van der Waals surface area contributed by atoms with E-state index in [4.69, 9.17) is 4.74 Å². The van der Waals surface area contributed by atoms with Gasteiger partial charge >= 0.3 is 11.9 Å². The Hall–Kier alpha value is -1.84. The SMILES string of the molecule is CCCCCCCCC(CCCCCCC(C)C)OC(=O)c1ccccc1C(=O)O. The van der Waals surface area contributed by atoms with Crippen molar-refractivity contribution >= 4 is 11.9 Å². The lowest BCUT2D eigenvalue weighted by Crippen LogP contribution is -2.20. The van der Waals surface area contributed by atoms with E-state index in [2.05, 4.69) is 20.8 Å². The minimum Gasteiger partial charge on any atom is -0.478 e. The van der Waals surface area contributed by atoms with E-state index in [1.165, 1.54) is 51.0 Å². The van der Waals surface area contributed by atoms with Crippen LogP contribution in [0, 0.1) is 5.92 Å². The van der Waals surface area contributed by atoms with E-state index < -0.39 is 11.9 Å². The van der Waals surface area contributed by atoms with Crippen molar-refractivity contribution < 1.29 is 19.4 Å². The summed E-state index contributed by atoms with van der Waals surface area (Å²) in [7, 11) is 0. The van der Waals surface area contributed by atoms with Crippen LogP contribution in [0.15, 0.2) is 24.3 Å². The van der Waals surface area contributed by atoms with Crippen LogP contribution >= 0.6 is 0 Å². The van der Waals surface area contributed by atoms with Crippen LogP contribution in [0.2, 0.25) is 0 Å². The molecule has 0 saturated carbocycles. The number of hydrogen-bond acceptors (Lipinski definition) is 3. The van der Waals surface area contributed by atoms with E-state index in [0.717, 1.165) is 44.4 Å². The minimum atomic E-state index is -1.10. The van der Waals surface area contributed by atoms with Crippen molar-refractivity contribution in [3.63, 3.8) is 0 Å². The quantitative estimate of drug-likeness (QED) is 0.208. The molecule has 0 spiro atoms. The topological polar surface area (TPSA) is 63.6 Å². The Morgan fingerprint density at radius 3 is 1.83 bits per heavy atom. The van der Waals surface area contributed by atoms with Gasteiger partial charge in [0.15, 0.2) is 0 Å². The van der Waals surface area contributed by atoms with Gasteiger partial charge < -0.3 is 9.84 Å². The van der Waals surface area contributed by atoms with Crippen LogP contribution in [0.1, 0.15) is 125 Å². The number of ether oxygens (including phenoxy) is 1. The molecule has 0 bridgehead atoms. The highest BCUT2D eigenvalue weighted by atomic mass is 16.5. The number of carbonyl (C=O) groups excluding carboxylic acids is 1. The molecule has 0 aliphatic carbocycles. The first kappa shape index (κ1) is 26.2. The summed E-state index contributed by atoms with van der Waals surface area (Å²) >= 11 is 0. The van der Waals surface area contributed by atoms with Gasteiger partial charge in [-0.1, -0.05) is 90.7 Å². The van der Waals surface area contributed by atoms with E-state index >= 15 is 0 Å². The average Bonchev–Trinajstić information content (AvgIpc) is 2.72. The molecule has 0 fully saturated rings. The normalized spacial score (nSPS) is 12.1. The van der Waals surface area contributed by atoms with Crippen LogP contribution in [-0.4, -0.2) is 23.1 Å². The average molecular weight is 419 g/mol. The van der Waals surface area contributed by atoms with Crippen LogP contribution < -0.4 is 0 Å². The first-order chi connectivity index (χ1) is 14.5. The zero-order valence-electron chi connectivity index (χ0n) is 19.3. The first-order valence-electron chi connectivity index (χ1n) is 12.0. The smallest absolute Gasteiger partial charge is 0.339 e. The van der Waals surface area contributed by atoms with Gasteiger partial charge in [0.05, 0.1) is 11.1 Å². The van der Waals surface area contributed by atoms with E-state index in [1.54, 1.807) is 18.2 Å². The molecule has 0 heterocycles. The van der Waals surface area contributed by atoms with Gasteiger partial charge in [0.25, 0.3) is 0 Å². The van der Waals surface area contributed by atoms with E-state index in [9.17, 15) is 14.7 Å². The molecule has 1 aromatic rings. The molecule has 1 rings (SSSR count). The van der Waals surface area contributed by atoms with Crippen LogP contribution in [0.4, 0.5) is 0 Å². The zero-order chi connectivity index (χ0) is 22.2. The summed E-state index contributed by atoms with van der Waals surface area (Å²) in [4.78, 5) is 24.1. The lowest BCUT2D eigenvalue weighted by molar-refractivity contribution is 0.0244. The lowest BCUT2D eigenvalue weighted by atomic mass is 10.0. The Balaban J connectivity index is 2.56. The molecule has 0 radical (unpaired) electrons. The summed E-state index contributed by atoms with van der Waals surface area (Å²) in [6.07, 6.45) is 14.8. The van der Waals surface area contributed by atoms with Gasteiger partial charge in [-0.05, 0) is 43.7 Å². The zero-order valence-corrected chi connectivity index (χ0v) is 19.3. The molecule has 1 unspecified atom stereocenters. The Morgan fingerprint density at radius 1 is 0.800 bits per heavy atom. The minimum absolute atomic E-state index is 0.00880. The third-order valence-corrected chi connectivity index (χ3v) is 5.59. The van der Waals surface area contributed by atoms with Gasteiger partial charge in [0, 0.05) is 0 Å². The molecule has 0 saturated heterocycles. The number of unbranched alkanes of at least 4 members (excludes halogenated alkanes) is 8. The third kappa shape index (κ3) is 11.4. The van der Waals surface area contributed by atoms with Crippen LogP contribution in [0.25, 0.3) is 0 Å². The van der Waals surface area contributed by atoms with Crippen molar-refractivity contribution in [2.45, 2.75) is 110 Å². The Bertz CT molecular complexity index is 609. The molecule has 0 aliphatic rings. The molecule has 0 aromatic heterocycles. The molecule has 4 heteroatoms. The first-order valence-corrected chi connectivity index (χ1v) is 12.0. The Kier molecular flexibility index (Phi) is 13.9. The fourth-order valence-corrected chi connectivity index (χ4v) is 3.76. The summed E-state index contributed by atoms with van der Waals surface area (Å²) in [5.41, 5.74) is 0.157. The monoisotopic (exact) mass is 418 g/mol. The molecule has 0 amide bonds. The summed E-state index contributed by atoms with van der Waals surface area (Å²) in [5, 5.41) is 9.35. The maximum Gasteiger partial charge on any atom is 0.339 e. The standard InChI is InChI=1S/C26H42O4/c1-4-5-6-7-8-12-17-22(18-13-10-9-11-16-21(2)3)30-26(29)24-20-15-14-19-23(24)25(27)28/h14-15,19-22H,4-13,16-18H2,1-3H3,(H,27,28). The number of rotatable bonds is 17. The van der Waals surface area contributed by atoms with Gasteiger partial charge in [-0.15, -0.1) is 0 Å². The van der Waals surface area contributed by atoms with Gasteiger partial charge in [0.1, 0.15) is 6.10 Å². The van der Waals surface area contributed by atoms with Crippen molar-refractivity contribution in [2.24, 2.45) is 5.92 Å². The molecule has 4 nitrogen and oxygen atoms in total. The van der Waals surface area contributed by atoms with E-state index in [1.807, 2.05) is 0 Å². The molecular formula is C26H42O4.